The fraction of sp³-hybridized carbons (Fsp3) is 0.222. The largest absolute Gasteiger partial charge is 0.343 e. The lowest BCUT2D eigenvalue weighted by atomic mass is 10.1. The normalized spacial score (nSPS) is 13.3. The summed E-state index contributed by atoms with van der Waals surface area (Å²) < 4.78 is 28.3. The van der Waals surface area contributed by atoms with Crippen molar-refractivity contribution in [2.75, 3.05) is 5.32 Å². The fourth-order valence-corrected chi connectivity index (χ4v) is 5.57. The van der Waals surface area contributed by atoms with Gasteiger partial charge in [0.05, 0.1) is 0 Å². The van der Waals surface area contributed by atoms with E-state index >= 15 is 0 Å². The number of carbonyl (C=O) groups is 2. The van der Waals surface area contributed by atoms with Gasteiger partial charge in [-0.05, 0) is 42.6 Å². The van der Waals surface area contributed by atoms with Crippen LogP contribution in [-0.4, -0.2) is 42.5 Å². The molecule has 0 saturated carbocycles. The van der Waals surface area contributed by atoms with E-state index in [-0.39, 0.29) is 15.8 Å². The van der Waals surface area contributed by atoms with Gasteiger partial charge in [0.2, 0.25) is 16.9 Å². The van der Waals surface area contributed by atoms with Crippen molar-refractivity contribution in [3.05, 3.63) is 57.4 Å². The Morgan fingerprint density at radius 3 is 2.52 bits per heavy atom. The number of carbonyl (C=O) groups excluding carboxylic acids is 2. The maximum Gasteiger partial charge on any atom is 0.250 e. The molecule has 0 aliphatic rings. The maximum atomic E-state index is 12.9. The van der Waals surface area contributed by atoms with Crippen molar-refractivity contribution in [3.63, 3.8) is 0 Å². The predicted molar refractivity (Wildman–Crippen MR) is 122 cm³/mol. The molecule has 9 nitrogen and oxygen atoms in total. The molecule has 13 heteroatoms. The average molecular weight is 498 g/mol. The Hall–Kier alpha value is -2.45. The Balaban J connectivity index is 1.73. The topological polar surface area (TPSA) is 133 Å². The highest BCUT2D eigenvalue weighted by Gasteiger charge is 2.28. The second-order valence-electron chi connectivity index (χ2n) is 6.43. The van der Waals surface area contributed by atoms with E-state index in [9.17, 15) is 18.0 Å². The number of sulfonamides is 1. The average Bonchev–Trinajstić information content (AvgIpc) is 3.40. The van der Waals surface area contributed by atoms with E-state index < -0.39 is 33.9 Å². The number of hydrogen-bond acceptors (Lipinski definition) is 8. The van der Waals surface area contributed by atoms with E-state index in [2.05, 4.69) is 25.6 Å². The number of anilines is 1. The van der Waals surface area contributed by atoms with E-state index in [0.717, 1.165) is 28.2 Å². The standard InChI is InChI=1S/C18H19N5O4S4/c1-11(15(24)20-17-21-22-18(28)30-17)19-16(25)13(10-12-6-3-2-4-7-12)23-31(26,27)14-8-5-9-29-14/h2-9,11,13,23H,10H2,1H3,(H,19,25)(H,22,28)(H,20,21,24)/t11-,13-/m0/s1. The van der Waals surface area contributed by atoms with Crippen LogP contribution in [0.3, 0.4) is 0 Å². The first-order valence-electron chi connectivity index (χ1n) is 9.01. The van der Waals surface area contributed by atoms with Crippen LogP contribution in [0.4, 0.5) is 5.13 Å². The van der Waals surface area contributed by atoms with Crippen LogP contribution < -0.4 is 15.4 Å². The minimum atomic E-state index is -3.90. The molecule has 2 amide bonds. The number of nitrogens with one attached hydrogen (secondary N) is 4. The molecular weight excluding hydrogens is 478 g/mol. The van der Waals surface area contributed by atoms with Crippen LogP contribution in [0.2, 0.25) is 0 Å². The first-order chi connectivity index (χ1) is 14.7. The quantitative estimate of drug-likeness (QED) is 0.335. The van der Waals surface area contributed by atoms with Gasteiger partial charge in [-0.25, -0.2) is 8.42 Å². The second kappa shape index (κ2) is 10.2. The maximum absolute atomic E-state index is 12.9. The molecule has 0 unspecified atom stereocenters. The van der Waals surface area contributed by atoms with E-state index in [1.165, 1.54) is 13.0 Å². The lowest BCUT2D eigenvalue weighted by Crippen LogP contribution is -2.52. The van der Waals surface area contributed by atoms with Gasteiger partial charge in [-0.1, -0.05) is 47.7 Å². The van der Waals surface area contributed by atoms with Crippen molar-refractivity contribution in [2.24, 2.45) is 0 Å². The van der Waals surface area contributed by atoms with Crippen molar-refractivity contribution in [2.45, 2.75) is 29.6 Å². The molecule has 0 fully saturated rings. The van der Waals surface area contributed by atoms with Crippen molar-refractivity contribution in [1.82, 2.24) is 20.2 Å². The zero-order valence-electron chi connectivity index (χ0n) is 16.2. The van der Waals surface area contributed by atoms with Gasteiger partial charge < -0.3 is 5.32 Å². The zero-order chi connectivity index (χ0) is 22.4. The summed E-state index contributed by atoms with van der Waals surface area (Å²) in [6, 6.07) is 10.0. The zero-order valence-corrected chi connectivity index (χ0v) is 19.5. The van der Waals surface area contributed by atoms with Crippen molar-refractivity contribution in [1.29, 1.82) is 0 Å². The number of benzene rings is 1. The third-order valence-corrected chi connectivity index (χ3v) is 7.95. The van der Waals surface area contributed by atoms with Crippen LogP contribution in [0, 0.1) is 3.95 Å². The van der Waals surface area contributed by atoms with Crippen LogP contribution in [0.5, 0.6) is 0 Å². The number of amides is 2. The lowest BCUT2D eigenvalue weighted by Gasteiger charge is -2.20. The van der Waals surface area contributed by atoms with E-state index in [4.69, 9.17) is 12.2 Å². The molecule has 0 saturated heterocycles. The summed E-state index contributed by atoms with van der Waals surface area (Å²) in [6.45, 7) is 1.49. The SMILES string of the molecule is C[C@H](NC(=O)[C@H](Cc1ccccc1)NS(=O)(=O)c1cccs1)C(=O)Nc1n[nH]c(=S)s1. The summed E-state index contributed by atoms with van der Waals surface area (Å²) in [4.78, 5) is 25.3. The Kier molecular flexibility index (Phi) is 7.67. The lowest BCUT2D eigenvalue weighted by molar-refractivity contribution is -0.127. The fourth-order valence-electron chi connectivity index (χ4n) is 2.58. The number of nitrogens with zero attached hydrogens (tertiary/aromatic N) is 1. The summed E-state index contributed by atoms with van der Waals surface area (Å²) in [5, 5.41) is 13.4. The van der Waals surface area contributed by atoms with E-state index in [0.29, 0.717) is 3.95 Å². The van der Waals surface area contributed by atoms with Gasteiger partial charge in [0, 0.05) is 0 Å². The molecule has 2 heterocycles. The summed E-state index contributed by atoms with van der Waals surface area (Å²) in [7, 11) is -3.90. The minimum Gasteiger partial charge on any atom is -0.343 e. The highest BCUT2D eigenvalue weighted by atomic mass is 32.2. The minimum absolute atomic E-state index is 0.101. The molecule has 31 heavy (non-hydrogen) atoms. The van der Waals surface area contributed by atoms with Crippen molar-refractivity contribution in [3.8, 4) is 0 Å². The van der Waals surface area contributed by atoms with Gasteiger partial charge in [0.15, 0.2) is 3.95 Å². The monoisotopic (exact) mass is 497 g/mol. The number of aromatic nitrogens is 2. The molecule has 0 bridgehead atoms. The highest BCUT2D eigenvalue weighted by Crippen LogP contribution is 2.17. The number of rotatable bonds is 9. The van der Waals surface area contributed by atoms with Crippen LogP contribution in [0.15, 0.2) is 52.1 Å². The van der Waals surface area contributed by atoms with E-state index in [1.54, 1.807) is 35.7 Å². The van der Waals surface area contributed by atoms with Gasteiger partial charge in [0.1, 0.15) is 16.3 Å². The first-order valence-corrected chi connectivity index (χ1v) is 12.6. The van der Waals surface area contributed by atoms with Gasteiger partial charge in [-0.3, -0.25) is 20.0 Å². The molecule has 1 aromatic carbocycles. The van der Waals surface area contributed by atoms with Gasteiger partial charge >= 0.3 is 0 Å². The molecule has 0 spiro atoms. The molecule has 3 aromatic rings. The summed E-state index contributed by atoms with van der Waals surface area (Å²) in [5.41, 5.74) is 0.768. The summed E-state index contributed by atoms with van der Waals surface area (Å²) in [6.07, 6.45) is 0.117. The Bertz CT molecular complexity index is 1190. The van der Waals surface area contributed by atoms with Gasteiger partial charge in [-0.15, -0.1) is 16.4 Å². The Morgan fingerprint density at radius 2 is 1.90 bits per heavy atom. The highest BCUT2D eigenvalue weighted by molar-refractivity contribution is 7.91. The van der Waals surface area contributed by atoms with Crippen molar-refractivity contribution < 1.29 is 18.0 Å². The number of aromatic amines is 1. The van der Waals surface area contributed by atoms with Gasteiger partial charge in [0.25, 0.3) is 10.0 Å². The molecular formula is C18H19N5O4S4. The van der Waals surface area contributed by atoms with Crippen LogP contribution >= 0.6 is 34.9 Å². The summed E-state index contributed by atoms with van der Waals surface area (Å²) in [5.74, 6) is -1.13. The predicted octanol–water partition coefficient (Wildman–Crippen LogP) is 2.30. The Morgan fingerprint density at radius 1 is 1.16 bits per heavy atom. The van der Waals surface area contributed by atoms with Crippen LogP contribution in [-0.2, 0) is 26.0 Å². The molecule has 3 rings (SSSR count). The van der Waals surface area contributed by atoms with Gasteiger partial charge in [-0.2, -0.15) is 4.72 Å². The molecule has 164 valence electrons. The smallest absolute Gasteiger partial charge is 0.250 e. The second-order valence-corrected chi connectivity index (χ2v) is 11.0. The third-order valence-electron chi connectivity index (χ3n) is 4.08. The first kappa shape index (κ1) is 23.2. The number of H-pyrrole nitrogens is 1. The molecule has 0 radical (unpaired) electrons. The summed E-state index contributed by atoms with van der Waals surface area (Å²) >= 11 is 7.05. The van der Waals surface area contributed by atoms with Crippen LogP contribution in [0.1, 0.15) is 12.5 Å². The molecule has 2 atom stereocenters. The number of thiophene rings is 1. The molecule has 2 aromatic heterocycles. The molecule has 4 N–H and O–H groups in total. The molecule has 0 aliphatic carbocycles. The third kappa shape index (κ3) is 6.51. The molecule has 0 aliphatic heterocycles. The number of hydrogen-bond donors (Lipinski definition) is 4. The van der Waals surface area contributed by atoms with E-state index in [1.807, 2.05) is 6.07 Å². The van der Waals surface area contributed by atoms with Crippen LogP contribution in [0.25, 0.3) is 0 Å². The Labute approximate surface area is 192 Å². The van der Waals surface area contributed by atoms with Crippen molar-refractivity contribution >= 4 is 61.9 Å².